The van der Waals surface area contributed by atoms with E-state index >= 15 is 0 Å². The van der Waals surface area contributed by atoms with Gasteiger partial charge in [0.05, 0.1) is 13.2 Å². The molecule has 1 heterocycles. The topological polar surface area (TPSA) is 80.4 Å². The van der Waals surface area contributed by atoms with Gasteiger partial charge in [-0.15, -0.1) is 24.0 Å². The molecule has 0 saturated carbocycles. The molecule has 2 N–H and O–H groups in total. The van der Waals surface area contributed by atoms with Crippen molar-refractivity contribution in [1.29, 1.82) is 0 Å². The van der Waals surface area contributed by atoms with Gasteiger partial charge in [0, 0.05) is 32.8 Å². The molecule has 0 radical (unpaired) electrons. The van der Waals surface area contributed by atoms with Crippen LogP contribution in [0.2, 0.25) is 0 Å². The standard InChI is InChI=1S/C21H34N4O3.HI/c1-5-14-27-16-18-9-7-6-8-17(18)15-23-19(22)24-10-12-25(13-11-24)20(26)28-21(2,3)4;/h6-9H,5,10-16H2,1-4H3,(H2,22,23);1H. The highest BCUT2D eigenvalue weighted by atomic mass is 127. The van der Waals surface area contributed by atoms with Crippen molar-refractivity contribution in [3.05, 3.63) is 35.4 Å². The van der Waals surface area contributed by atoms with E-state index in [2.05, 4.69) is 24.0 Å². The number of hydrogen-bond donors (Lipinski definition) is 1. The van der Waals surface area contributed by atoms with Gasteiger partial charge in [-0.3, -0.25) is 0 Å². The molecule has 1 aliphatic rings. The molecule has 1 aliphatic heterocycles. The first-order valence-corrected chi connectivity index (χ1v) is 9.97. The van der Waals surface area contributed by atoms with Crippen molar-refractivity contribution < 1.29 is 14.3 Å². The second-order valence-electron chi connectivity index (χ2n) is 7.95. The summed E-state index contributed by atoms with van der Waals surface area (Å²) in [4.78, 5) is 20.5. The fourth-order valence-electron chi connectivity index (χ4n) is 2.89. The van der Waals surface area contributed by atoms with Crippen molar-refractivity contribution in [3.8, 4) is 0 Å². The van der Waals surface area contributed by atoms with Gasteiger partial charge in [-0.1, -0.05) is 31.2 Å². The maximum Gasteiger partial charge on any atom is 0.410 e. The SMILES string of the molecule is CCCOCc1ccccc1CN=C(N)N1CCN(C(=O)OC(C)(C)C)CC1.I. The molecule has 1 fully saturated rings. The Morgan fingerprint density at radius 1 is 1.10 bits per heavy atom. The van der Waals surface area contributed by atoms with Crippen molar-refractivity contribution in [2.45, 2.75) is 52.9 Å². The fraction of sp³-hybridized carbons (Fsp3) is 0.619. The van der Waals surface area contributed by atoms with Gasteiger partial charge in [0.1, 0.15) is 5.60 Å². The number of carbonyl (C=O) groups excluding carboxylic acids is 1. The molecular formula is C21H35IN4O3. The second-order valence-corrected chi connectivity index (χ2v) is 7.95. The second kappa shape index (κ2) is 12.2. The number of hydrogen-bond acceptors (Lipinski definition) is 4. The third-order valence-electron chi connectivity index (χ3n) is 4.39. The molecule has 164 valence electrons. The predicted molar refractivity (Wildman–Crippen MR) is 127 cm³/mol. The van der Waals surface area contributed by atoms with E-state index in [9.17, 15) is 4.79 Å². The third-order valence-corrected chi connectivity index (χ3v) is 4.39. The Morgan fingerprint density at radius 2 is 1.69 bits per heavy atom. The maximum absolute atomic E-state index is 12.2. The normalized spacial score (nSPS) is 15.1. The van der Waals surface area contributed by atoms with Crippen LogP contribution in [0.25, 0.3) is 0 Å². The van der Waals surface area contributed by atoms with Crippen molar-refractivity contribution in [3.63, 3.8) is 0 Å². The summed E-state index contributed by atoms with van der Waals surface area (Å²) in [5.74, 6) is 0.508. The lowest BCUT2D eigenvalue weighted by Crippen LogP contribution is -2.53. The minimum atomic E-state index is -0.483. The van der Waals surface area contributed by atoms with E-state index in [0.717, 1.165) is 24.2 Å². The van der Waals surface area contributed by atoms with E-state index in [1.54, 1.807) is 4.90 Å². The summed E-state index contributed by atoms with van der Waals surface area (Å²) >= 11 is 0. The number of aliphatic imine (C=N–C) groups is 1. The molecular weight excluding hydrogens is 483 g/mol. The number of rotatable bonds is 6. The van der Waals surface area contributed by atoms with E-state index in [-0.39, 0.29) is 30.1 Å². The Hall–Kier alpha value is -1.55. The number of guanidine groups is 1. The Kier molecular flexibility index (Phi) is 10.7. The van der Waals surface area contributed by atoms with Gasteiger partial charge < -0.3 is 25.0 Å². The van der Waals surface area contributed by atoms with Gasteiger partial charge in [-0.05, 0) is 38.3 Å². The zero-order valence-corrected chi connectivity index (χ0v) is 20.3. The van der Waals surface area contributed by atoms with Gasteiger partial charge in [-0.25, -0.2) is 9.79 Å². The van der Waals surface area contributed by atoms with E-state index in [1.165, 1.54) is 0 Å². The molecule has 1 amide bonds. The monoisotopic (exact) mass is 518 g/mol. The average Bonchev–Trinajstić information content (AvgIpc) is 2.66. The number of amides is 1. The summed E-state index contributed by atoms with van der Waals surface area (Å²) in [6.07, 6.45) is 0.728. The highest BCUT2D eigenvalue weighted by Gasteiger charge is 2.26. The molecule has 7 nitrogen and oxygen atoms in total. The van der Waals surface area contributed by atoms with Crippen LogP contribution in [-0.2, 0) is 22.6 Å². The number of benzene rings is 1. The number of halogens is 1. The van der Waals surface area contributed by atoms with Crippen LogP contribution >= 0.6 is 24.0 Å². The molecule has 1 saturated heterocycles. The minimum Gasteiger partial charge on any atom is -0.444 e. The quantitative estimate of drug-likeness (QED) is 0.270. The van der Waals surface area contributed by atoms with Crippen molar-refractivity contribution in [2.24, 2.45) is 10.7 Å². The number of piperazine rings is 1. The number of nitrogens with two attached hydrogens (primary N) is 1. The molecule has 0 aliphatic carbocycles. The summed E-state index contributed by atoms with van der Waals surface area (Å²) in [5, 5.41) is 0. The summed E-state index contributed by atoms with van der Waals surface area (Å²) < 4.78 is 11.1. The molecule has 0 spiro atoms. The first kappa shape index (κ1) is 25.5. The average molecular weight is 518 g/mol. The summed E-state index contributed by atoms with van der Waals surface area (Å²) in [7, 11) is 0. The molecule has 0 atom stereocenters. The Labute approximate surface area is 191 Å². The van der Waals surface area contributed by atoms with E-state index in [1.807, 2.05) is 37.8 Å². The van der Waals surface area contributed by atoms with Crippen molar-refractivity contribution in [1.82, 2.24) is 9.80 Å². The molecule has 1 aromatic carbocycles. The van der Waals surface area contributed by atoms with Crippen LogP contribution in [-0.4, -0.2) is 60.2 Å². The van der Waals surface area contributed by atoms with E-state index < -0.39 is 5.60 Å². The molecule has 2 rings (SSSR count). The molecule has 0 aromatic heterocycles. The molecule has 0 unspecified atom stereocenters. The summed E-state index contributed by atoms with van der Waals surface area (Å²) in [6.45, 7) is 12.0. The van der Waals surface area contributed by atoms with Crippen LogP contribution in [0.4, 0.5) is 4.79 Å². The van der Waals surface area contributed by atoms with Crippen molar-refractivity contribution >= 4 is 36.0 Å². The Bertz CT molecular complexity index is 668. The smallest absolute Gasteiger partial charge is 0.410 e. The highest BCUT2D eigenvalue weighted by Crippen LogP contribution is 2.14. The highest BCUT2D eigenvalue weighted by molar-refractivity contribution is 14.0. The zero-order chi connectivity index (χ0) is 20.6. The Balaban J connectivity index is 0.00000420. The number of nitrogens with zero attached hydrogens (tertiary/aromatic N) is 3. The van der Waals surface area contributed by atoms with Gasteiger partial charge in [0.2, 0.25) is 0 Å². The zero-order valence-electron chi connectivity index (χ0n) is 18.0. The van der Waals surface area contributed by atoms with Gasteiger partial charge in [0.15, 0.2) is 5.96 Å². The Morgan fingerprint density at radius 3 is 2.28 bits per heavy atom. The molecule has 8 heteroatoms. The van der Waals surface area contributed by atoms with E-state index in [0.29, 0.717) is 45.3 Å². The van der Waals surface area contributed by atoms with Crippen LogP contribution in [0.1, 0.15) is 45.2 Å². The van der Waals surface area contributed by atoms with Crippen molar-refractivity contribution in [2.75, 3.05) is 32.8 Å². The summed E-state index contributed by atoms with van der Waals surface area (Å²) in [5.41, 5.74) is 7.98. The fourth-order valence-corrected chi connectivity index (χ4v) is 2.89. The van der Waals surface area contributed by atoms with Gasteiger partial charge in [-0.2, -0.15) is 0 Å². The first-order valence-electron chi connectivity index (χ1n) is 9.97. The molecule has 1 aromatic rings. The van der Waals surface area contributed by atoms with Crippen LogP contribution in [0, 0.1) is 0 Å². The largest absolute Gasteiger partial charge is 0.444 e. The first-order chi connectivity index (χ1) is 13.3. The number of ether oxygens (including phenoxy) is 2. The van der Waals surface area contributed by atoms with E-state index in [4.69, 9.17) is 15.2 Å². The van der Waals surface area contributed by atoms with Crippen LogP contribution in [0.5, 0.6) is 0 Å². The number of carbonyl (C=O) groups is 1. The lowest BCUT2D eigenvalue weighted by molar-refractivity contribution is 0.0186. The lowest BCUT2D eigenvalue weighted by atomic mass is 10.1. The minimum absolute atomic E-state index is 0. The summed E-state index contributed by atoms with van der Waals surface area (Å²) in [6, 6.07) is 8.14. The third kappa shape index (κ3) is 8.77. The van der Waals surface area contributed by atoms with Crippen LogP contribution in [0.15, 0.2) is 29.3 Å². The molecule has 0 bridgehead atoms. The lowest BCUT2D eigenvalue weighted by Gasteiger charge is -2.36. The van der Waals surface area contributed by atoms with Crippen LogP contribution in [0.3, 0.4) is 0 Å². The van der Waals surface area contributed by atoms with Gasteiger partial charge in [0.25, 0.3) is 0 Å². The maximum atomic E-state index is 12.2. The predicted octanol–water partition coefficient (Wildman–Crippen LogP) is 3.60. The van der Waals surface area contributed by atoms with Gasteiger partial charge >= 0.3 is 6.09 Å². The van der Waals surface area contributed by atoms with Crippen LogP contribution < -0.4 is 5.73 Å². The molecule has 29 heavy (non-hydrogen) atoms.